The lowest BCUT2D eigenvalue weighted by Gasteiger charge is -2.38. The molecule has 0 saturated heterocycles. The van der Waals surface area contributed by atoms with Crippen LogP contribution in [0.15, 0.2) is 18.2 Å². The van der Waals surface area contributed by atoms with Crippen LogP contribution in [-0.2, 0) is 11.2 Å². The minimum Gasteiger partial charge on any atom is -0.388 e. The third-order valence-electron chi connectivity index (χ3n) is 3.38. The van der Waals surface area contributed by atoms with E-state index in [0.717, 1.165) is 0 Å². The SMILES string of the molecule is CC(C)(O)C(C)(C)NC(=O)Cc1c(F)cccc1Cl. The Kier molecular flexibility index (Phi) is 4.59. The summed E-state index contributed by atoms with van der Waals surface area (Å²) in [4.78, 5) is 11.9. The summed E-state index contributed by atoms with van der Waals surface area (Å²) in [5.41, 5.74) is -1.77. The fourth-order valence-corrected chi connectivity index (χ4v) is 1.64. The predicted molar refractivity (Wildman–Crippen MR) is 73.6 cm³/mol. The fourth-order valence-electron chi connectivity index (χ4n) is 1.41. The van der Waals surface area contributed by atoms with Gasteiger partial charge in [-0.2, -0.15) is 0 Å². The third-order valence-corrected chi connectivity index (χ3v) is 3.73. The molecular weight excluding hydrogens is 269 g/mol. The van der Waals surface area contributed by atoms with Crippen molar-refractivity contribution in [2.45, 2.75) is 45.3 Å². The van der Waals surface area contributed by atoms with Gasteiger partial charge >= 0.3 is 0 Å². The molecule has 0 fully saturated rings. The van der Waals surface area contributed by atoms with Crippen molar-refractivity contribution in [3.05, 3.63) is 34.6 Å². The van der Waals surface area contributed by atoms with Gasteiger partial charge in [-0.25, -0.2) is 4.39 Å². The van der Waals surface area contributed by atoms with Crippen molar-refractivity contribution in [1.29, 1.82) is 0 Å². The Bertz CT molecular complexity index is 461. The largest absolute Gasteiger partial charge is 0.388 e. The lowest BCUT2D eigenvalue weighted by molar-refractivity contribution is -0.125. The maximum Gasteiger partial charge on any atom is 0.225 e. The van der Waals surface area contributed by atoms with E-state index in [1.54, 1.807) is 27.7 Å². The Morgan fingerprint density at radius 2 is 1.95 bits per heavy atom. The number of hydrogen-bond donors (Lipinski definition) is 2. The molecule has 0 unspecified atom stereocenters. The molecular formula is C14H19ClFNO2. The fraction of sp³-hybridized carbons (Fsp3) is 0.500. The highest BCUT2D eigenvalue weighted by atomic mass is 35.5. The molecule has 0 aliphatic rings. The Labute approximate surface area is 117 Å². The average Bonchev–Trinajstić information content (AvgIpc) is 2.21. The van der Waals surface area contributed by atoms with Crippen LogP contribution in [0.1, 0.15) is 33.3 Å². The molecule has 19 heavy (non-hydrogen) atoms. The quantitative estimate of drug-likeness (QED) is 0.894. The number of amides is 1. The summed E-state index contributed by atoms with van der Waals surface area (Å²) in [5, 5.41) is 12.9. The van der Waals surface area contributed by atoms with E-state index in [1.807, 2.05) is 0 Å². The van der Waals surface area contributed by atoms with Crippen LogP contribution in [-0.4, -0.2) is 22.2 Å². The lowest BCUT2D eigenvalue weighted by Crippen LogP contribution is -2.58. The Hall–Kier alpha value is -1.13. The molecule has 0 aliphatic heterocycles. The first-order valence-electron chi connectivity index (χ1n) is 6.01. The van der Waals surface area contributed by atoms with E-state index >= 15 is 0 Å². The van der Waals surface area contributed by atoms with Crippen molar-refractivity contribution in [1.82, 2.24) is 5.32 Å². The Morgan fingerprint density at radius 3 is 2.42 bits per heavy atom. The number of halogens is 2. The van der Waals surface area contributed by atoms with Gasteiger partial charge in [-0.05, 0) is 39.8 Å². The van der Waals surface area contributed by atoms with Crippen LogP contribution in [0.25, 0.3) is 0 Å². The average molecular weight is 288 g/mol. The molecule has 1 amide bonds. The van der Waals surface area contributed by atoms with Crippen LogP contribution in [0.5, 0.6) is 0 Å². The Balaban J connectivity index is 2.82. The van der Waals surface area contributed by atoms with Gasteiger partial charge < -0.3 is 10.4 Å². The van der Waals surface area contributed by atoms with E-state index in [9.17, 15) is 14.3 Å². The van der Waals surface area contributed by atoms with Crippen molar-refractivity contribution in [2.24, 2.45) is 0 Å². The smallest absolute Gasteiger partial charge is 0.225 e. The van der Waals surface area contributed by atoms with Gasteiger partial charge in [0.15, 0.2) is 0 Å². The zero-order valence-corrected chi connectivity index (χ0v) is 12.3. The van der Waals surface area contributed by atoms with Crippen LogP contribution >= 0.6 is 11.6 Å². The van der Waals surface area contributed by atoms with Gasteiger partial charge in [0.25, 0.3) is 0 Å². The number of benzene rings is 1. The van der Waals surface area contributed by atoms with Gasteiger partial charge in [0, 0.05) is 10.6 Å². The van der Waals surface area contributed by atoms with E-state index in [2.05, 4.69) is 5.32 Å². The van der Waals surface area contributed by atoms with E-state index in [4.69, 9.17) is 11.6 Å². The second-order valence-corrected chi connectivity index (χ2v) is 6.02. The van der Waals surface area contributed by atoms with Crippen LogP contribution in [0.2, 0.25) is 5.02 Å². The van der Waals surface area contributed by atoms with Crippen LogP contribution in [0, 0.1) is 5.82 Å². The van der Waals surface area contributed by atoms with Crippen LogP contribution in [0.3, 0.4) is 0 Å². The summed E-state index contributed by atoms with van der Waals surface area (Å²) in [6.07, 6.45) is -0.162. The number of aliphatic hydroxyl groups is 1. The van der Waals surface area contributed by atoms with Crippen molar-refractivity contribution in [3.8, 4) is 0 Å². The second-order valence-electron chi connectivity index (χ2n) is 5.61. The van der Waals surface area contributed by atoms with Crippen molar-refractivity contribution < 1.29 is 14.3 Å². The maximum absolute atomic E-state index is 13.6. The summed E-state index contributed by atoms with van der Waals surface area (Å²) >= 11 is 5.87. The first kappa shape index (κ1) is 15.9. The van der Waals surface area contributed by atoms with Gasteiger partial charge in [0.1, 0.15) is 5.82 Å². The molecule has 5 heteroatoms. The predicted octanol–water partition coefficient (Wildman–Crippen LogP) is 2.69. The molecule has 1 aromatic rings. The summed E-state index contributed by atoms with van der Waals surface area (Å²) in [5.74, 6) is -0.900. The minimum absolute atomic E-state index is 0.160. The Morgan fingerprint density at radius 1 is 1.37 bits per heavy atom. The van der Waals surface area contributed by atoms with Gasteiger partial charge in [-0.3, -0.25) is 4.79 Å². The number of carbonyl (C=O) groups is 1. The summed E-state index contributed by atoms with van der Waals surface area (Å²) in [6, 6.07) is 4.28. The molecule has 0 aromatic heterocycles. The maximum atomic E-state index is 13.6. The minimum atomic E-state index is -1.10. The van der Waals surface area contributed by atoms with Crippen LogP contribution in [0.4, 0.5) is 4.39 Å². The number of carbonyl (C=O) groups excluding carboxylic acids is 1. The van der Waals surface area contributed by atoms with Crippen molar-refractivity contribution in [3.63, 3.8) is 0 Å². The molecule has 0 aliphatic carbocycles. The molecule has 0 bridgehead atoms. The summed E-state index contributed by atoms with van der Waals surface area (Å²) in [7, 11) is 0. The first-order chi connectivity index (χ1) is 8.54. The zero-order chi connectivity index (χ0) is 14.8. The molecule has 0 heterocycles. The normalized spacial score (nSPS) is 12.4. The first-order valence-corrected chi connectivity index (χ1v) is 6.38. The third kappa shape index (κ3) is 3.91. The molecule has 3 nitrogen and oxygen atoms in total. The monoisotopic (exact) mass is 287 g/mol. The molecule has 0 spiro atoms. The summed E-state index contributed by atoms with van der Waals surface area (Å²) < 4.78 is 13.6. The van der Waals surface area contributed by atoms with Crippen molar-refractivity contribution >= 4 is 17.5 Å². The van der Waals surface area contributed by atoms with E-state index in [1.165, 1.54) is 18.2 Å². The molecule has 2 N–H and O–H groups in total. The summed E-state index contributed by atoms with van der Waals surface area (Å²) in [6.45, 7) is 6.61. The lowest BCUT2D eigenvalue weighted by atomic mass is 9.86. The zero-order valence-electron chi connectivity index (χ0n) is 11.6. The standard InChI is InChI=1S/C14H19ClFNO2/c1-13(2,14(3,4)19)17-12(18)8-9-10(15)6-5-7-11(9)16/h5-7,19H,8H2,1-4H3,(H,17,18). The highest BCUT2D eigenvalue weighted by molar-refractivity contribution is 6.31. The van der Waals surface area contributed by atoms with Gasteiger partial charge in [-0.15, -0.1) is 0 Å². The molecule has 1 aromatic carbocycles. The number of rotatable bonds is 4. The second kappa shape index (κ2) is 5.47. The number of hydrogen-bond acceptors (Lipinski definition) is 2. The van der Waals surface area contributed by atoms with Gasteiger partial charge in [0.05, 0.1) is 17.6 Å². The van der Waals surface area contributed by atoms with Gasteiger partial charge in [0.2, 0.25) is 5.91 Å². The molecule has 0 atom stereocenters. The topological polar surface area (TPSA) is 49.3 Å². The van der Waals surface area contributed by atoms with E-state index in [-0.39, 0.29) is 22.9 Å². The highest BCUT2D eigenvalue weighted by Crippen LogP contribution is 2.22. The molecule has 106 valence electrons. The number of nitrogens with one attached hydrogen (secondary N) is 1. The van der Waals surface area contributed by atoms with Gasteiger partial charge in [-0.1, -0.05) is 17.7 Å². The highest BCUT2D eigenvalue weighted by Gasteiger charge is 2.36. The van der Waals surface area contributed by atoms with Crippen molar-refractivity contribution in [2.75, 3.05) is 0 Å². The molecule has 0 saturated carbocycles. The van der Waals surface area contributed by atoms with E-state index < -0.39 is 17.0 Å². The molecule has 0 radical (unpaired) electrons. The molecule has 1 rings (SSSR count). The van der Waals surface area contributed by atoms with Crippen LogP contribution < -0.4 is 5.32 Å². The van der Waals surface area contributed by atoms with E-state index in [0.29, 0.717) is 0 Å².